The van der Waals surface area contributed by atoms with Gasteiger partial charge in [0.05, 0.1) is 6.61 Å². The van der Waals surface area contributed by atoms with Gasteiger partial charge in [-0.05, 0) is 12.2 Å². The Morgan fingerprint density at radius 1 is 0.821 bits per heavy atom. The average molecular weight is 418 g/mol. The Hall–Kier alpha value is -0.260. The Balaban J connectivity index is 3.16. The van der Waals surface area contributed by atoms with E-state index in [2.05, 4.69) is 12.4 Å². The van der Waals surface area contributed by atoms with E-state index in [0.717, 1.165) is 11.5 Å². The van der Waals surface area contributed by atoms with Crippen molar-refractivity contribution in [1.29, 1.82) is 0 Å². The van der Waals surface area contributed by atoms with E-state index in [-0.39, 0.29) is 18.6 Å². The molecule has 0 aromatic rings. The number of hydroxylamine groups is 1. The van der Waals surface area contributed by atoms with Crippen LogP contribution in [0.15, 0.2) is 0 Å². The molecule has 1 amide bonds. The van der Waals surface area contributed by atoms with E-state index in [4.69, 9.17) is 4.84 Å². The summed E-state index contributed by atoms with van der Waals surface area (Å²) in [5.74, 6) is 1.58. The fourth-order valence-electron chi connectivity index (χ4n) is 3.26. The average Bonchev–Trinajstić information content (AvgIpc) is 2.69. The standard InChI is InChI=1S/C23H47NO3S/c1-3-4-5-6-7-8-9-10-11-12-13-14-15-16-17-18-19-28-21-23(20-25)27-24-22(2)26/h23,25H,3-21H2,1-2H3,(H,24,26). The van der Waals surface area contributed by atoms with Crippen LogP contribution in [-0.4, -0.2) is 35.2 Å². The number of unbranched alkanes of at least 4 members (excludes halogenated alkanes) is 15. The first-order valence-electron chi connectivity index (χ1n) is 11.8. The molecule has 0 rings (SSSR count). The molecular weight excluding hydrogens is 370 g/mol. The molecule has 0 saturated heterocycles. The summed E-state index contributed by atoms with van der Waals surface area (Å²) in [5, 5.41) is 9.19. The van der Waals surface area contributed by atoms with Crippen LogP contribution in [0.4, 0.5) is 0 Å². The van der Waals surface area contributed by atoms with Crippen LogP contribution in [0.5, 0.6) is 0 Å². The minimum atomic E-state index is -0.310. The Morgan fingerprint density at radius 2 is 1.25 bits per heavy atom. The maximum Gasteiger partial charge on any atom is 0.240 e. The monoisotopic (exact) mass is 417 g/mol. The molecule has 0 aliphatic carbocycles. The molecule has 0 aliphatic rings. The number of amides is 1. The number of aliphatic hydroxyl groups is 1. The van der Waals surface area contributed by atoms with Crippen molar-refractivity contribution in [3.8, 4) is 0 Å². The van der Waals surface area contributed by atoms with Crippen molar-refractivity contribution in [3.05, 3.63) is 0 Å². The van der Waals surface area contributed by atoms with Crippen molar-refractivity contribution >= 4 is 17.7 Å². The topological polar surface area (TPSA) is 58.6 Å². The molecule has 0 aromatic carbocycles. The van der Waals surface area contributed by atoms with E-state index in [1.807, 2.05) is 0 Å². The van der Waals surface area contributed by atoms with Crippen LogP contribution in [0.2, 0.25) is 0 Å². The zero-order chi connectivity index (χ0) is 20.7. The summed E-state index contributed by atoms with van der Waals surface area (Å²) >= 11 is 1.79. The molecule has 1 unspecified atom stereocenters. The highest BCUT2D eigenvalue weighted by Crippen LogP contribution is 2.15. The van der Waals surface area contributed by atoms with Crippen LogP contribution < -0.4 is 5.48 Å². The summed E-state index contributed by atoms with van der Waals surface area (Å²) in [6, 6.07) is 0. The predicted octanol–water partition coefficient (Wildman–Crippen LogP) is 6.41. The lowest BCUT2D eigenvalue weighted by molar-refractivity contribution is -0.136. The molecule has 0 heterocycles. The van der Waals surface area contributed by atoms with E-state index in [1.54, 1.807) is 11.8 Å². The number of carbonyl (C=O) groups excluding carboxylic acids is 1. The lowest BCUT2D eigenvalue weighted by atomic mass is 10.0. The first-order chi connectivity index (χ1) is 13.7. The van der Waals surface area contributed by atoms with Crippen LogP contribution in [0, 0.1) is 0 Å². The van der Waals surface area contributed by atoms with Gasteiger partial charge in [0.15, 0.2) is 0 Å². The van der Waals surface area contributed by atoms with Crippen molar-refractivity contribution < 1.29 is 14.7 Å². The van der Waals surface area contributed by atoms with Gasteiger partial charge in [0.2, 0.25) is 5.91 Å². The van der Waals surface area contributed by atoms with Gasteiger partial charge in [-0.2, -0.15) is 11.8 Å². The molecule has 168 valence electrons. The van der Waals surface area contributed by atoms with Gasteiger partial charge in [0.1, 0.15) is 6.10 Å². The van der Waals surface area contributed by atoms with Gasteiger partial charge in [0.25, 0.3) is 0 Å². The first-order valence-corrected chi connectivity index (χ1v) is 13.0. The van der Waals surface area contributed by atoms with Crippen LogP contribution in [-0.2, 0) is 9.63 Å². The van der Waals surface area contributed by atoms with Crippen LogP contribution in [0.3, 0.4) is 0 Å². The maximum atomic E-state index is 10.8. The summed E-state index contributed by atoms with van der Waals surface area (Å²) in [7, 11) is 0. The van der Waals surface area contributed by atoms with E-state index in [0.29, 0.717) is 0 Å². The molecule has 0 fully saturated rings. The third kappa shape index (κ3) is 22.0. The summed E-state index contributed by atoms with van der Waals surface area (Å²) < 4.78 is 0. The fourth-order valence-corrected chi connectivity index (χ4v) is 4.27. The van der Waals surface area contributed by atoms with Gasteiger partial charge in [-0.3, -0.25) is 9.63 Å². The van der Waals surface area contributed by atoms with E-state index in [1.165, 1.54) is 110 Å². The van der Waals surface area contributed by atoms with E-state index >= 15 is 0 Å². The zero-order valence-electron chi connectivity index (χ0n) is 18.7. The molecule has 0 aliphatic heterocycles. The van der Waals surface area contributed by atoms with Gasteiger partial charge < -0.3 is 5.11 Å². The Morgan fingerprint density at radius 3 is 1.64 bits per heavy atom. The number of nitrogens with one attached hydrogen (secondary N) is 1. The van der Waals surface area contributed by atoms with Crippen molar-refractivity contribution in [2.45, 2.75) is 123 Å². The molecule has 5 heteroatoms. The lowest BCUT2D eigenvalue weighted by Gasteiger charge is -2.14. The number of thioether (sulfide) groups is 1. The molecule has 0 spiro atoms. The van der Waals surface area contributed by atoms with Crippen LogP contribution in [0.1, 0.15) is 117 Å². The summed E-state index contributed by atoms with van der Waals surface area (Å²) in [4.78, 5) is 15.9. The van der Waals surface area contributed by atoms with Crippen LogP contribution >= 0.6 is 11.8 Å². The molecule has 28 heavy (non-hydrogen) atoms. The number of rotatable bonds is 22. The highest BCUT2D eigenvalue weighted by atomic mass is 32.2. The number of hydrogen-bond acceptors (Lipinski definition) is 4. The molecule has 2 N–H and O–H groups in total. The normalized spacial score (nSPS) is 12.2. The molecule has 1 atom stereocenters. The van der Waals surface area contributed by atoms with Gasteiger partial charge in [-0.25, -0.2) is 5.48 Å². The van der Waals surface area contributed by atoms with Gasteiger partial charge in [0, 0.05) is 12.7 Å². The fraction of sp³-hybridized carbons (Fsp3) is 0.957. The molecule has 0 radical (unpaired) electrons. The Kier molecular flexibility index (Phi) is 22.8. The van der Waals surface area contributed by atoms with Crippen LogP contribution in [0.25, 0.3) is 0 Å². The Bertz CT molecular complexity index is 329. The summed E-state index contributed by atoms with van der Waals surface area (Å²) in [5.41, 5.74) is 2.29. The highest BCUT2D eigenvalue weighted by Gasteiger charge is 2.08. The minimum absolute atomic E-state index is 0.0633. The minimum Gasteiger partial charge on any atom is -0.394 e. The predicted molar refractivity (Wildman–Crippen MR) is 123 cm³/mol. The molecule has 0 bridgehead atoms. The second-order valence-electron chi connectivity index (χ2n) is 7.96. The van der Waals surface area contributed by atoms with Crippen molar-refractivity contribution in [1.82, 2.24) is 5.48 Å². The number of aliphatic hydroxyl groups excluding tert-OH is 1. The van der Waals surface area contributed by atoms with E-state index < -0.39 is 0 Å². The zero-order valence-corrected chi connectivity index (χ0v) is 19.5. The van der Waals surface area contributed by atoms with Gasteiger partial charge in [-0.1, -0.05) is 103 Å². The number of hydrogen-bond donors (Lipinski definition) is 2. The van der Waals surface area contributed by atoms with Crippen molar-refractivity contribution in [3.63, 3.8) is 0 Å². The second kappa shape index (κ2) is 23.0. The highest BCUT2D eigenvalue weighted by molar-refractivity contribution is 7.99. The smallest absolute Gasteiger partial charge is 0.240 e. The Labute approximate surface area is 178 Å². The quantitative estimate of drug-likeness (QED) is 0.158. The third-order valence-electron chi connectivity index (χ3n) is 5.02. The van der Waals surface area contributed by atoms with Gasteiger partial charge >= 0.3 is 0 Å². The van der Waals surface area contributed by atoms with Crippen molar-refractivity contribution in [2.24, 2.45) is 0 Å². The van der Waals surface area contributed by atoms with Crippen molar-refractivity contribution in [2.75, 3.05) is 18.1 Å². The SMILES string of the molecule is CCCCCCCCCCCCCCCCCCSCC(CO)ONC(C)=O. The largest absolute Gasteiger partial charge is 0.394 e. The molecular formula is C23H47NO3S. The first kappa shape index (κ1) is 27.7. The number of carbonyl (C=O) groups is 1. The van der Waals surface area contributed by atoms with Gasteiger partial charge in [-0.15, -0.1) is 0 Å². The molecule has 4 nitrogen and oxygen atoms in total. The van der Waals surface area contributed by atoms with E-state index in [9.17, 15) is 9.90 Å². The lowest BCUT2D eigenvalue weighted by Crippen LogP contribution is -2.31. The maximum absolute atomic E-state index is 10.8. The summed E-state index contributed by atoms with van der Waals surface area (Å²) in [6.07, 6.45) is 22.0. The second-order valence-corrected chi connectivity index (χ2v) is 9.11. The molecule has 0 saturated carbocycles. The third-order valence-corrected chi connectivity index (χ3v) is 6.20. The summed E-state index contributed by atoms with van der Waals surface area (Å²) in [6.45, 7) is 3.62. The molecule has 0 aromatic heterocycles.